The molecule has 2 rings (SSSR count). The van der Waals surface area contributed by atoms with E-state index < -0.39 is 6.04 Å². The molecule has 0 spiro atoms. The molecular weight excluding hydrogens is 232 g/mol. The fourth-order valence-electron chi connectivity index (χ4n) is 2.17. The van der Waals surface area contributed by atoms with Gasteiger partial charge in [0.15, 0.2) is 0 Å². The molecule has 98 valence electrons. The lowest BCUT2D eigenvalue weighted by Crippen LogP contribution is -2.56. The molecule has 1 aliphatic heterocycles. The molecular formula is C12H18N4O2. The number of hydrogen-bond acceptors (Lipinski definition) is 3. The van der Waals surface area contributed by atoms with Crippen molar-refractivity contribution in [1.29, 1.82) is 0 Å². The van der Waals surface area contributed by atoms with E-state index >= 15 is 0 Å². The van der Waals surface area contributed by atoms with Gasteiger partial charge in [-0.1, -0.05) is 0 Å². The van der Waals surface area contributed by atoms with Crippen molar-refractivity contribution in [2.45, 2.75) is 33.4 Å². The van der Waals surface area contributed by atoms with Gasteiger partial charge >= 0.3 is 0 Å². The molecule has 1 aliphatic rings. The molecule has 1 N–H and O–H groups in total. The highest BCUT2D eigenvalue weighted by Gasteiger charge is 2.31. The smallest absolute Gasteiger partial charge is 0.272 e. The number of hydrogen-bond donors (Lipinski definition) is 1. The van der Waals surface area contributed by atoms with Crippen LogP contribution in [0, 0.1) is 6.92 Å². The normalized spacial score (nSPS) is 19.8. The minimum absolute atomic E-state index is 0.103. The van der Waals surface area contributed by atoms with Crippen molar-refractivity contribution >= 4 is 11.8 Å². The lowest BCUT2D eigenvalue weighted by atomic mass is 10.2. The third-order valence-corrected chi connectivity index (χ3v) is 3.18. The fourth-order valence-corrected chi connectivity index (χ4v) is 2.17. The van der Waals surface area contributed by atoms with Crippen LogP contribution in [0.15, 0.2) is 6.07 Å². The SMILES string of the molecule is CCn1nc(C)cc1C(=O)N1CCNC(=O)C1C. The molecule has 18 heavy (non-hydrogen) atoms. The Bertz CT molecular complexity index is 480. The molecule has 1 aromatic heterocycles. The van der Waals surface area contributed by atoms with Crippen LogP contribution in [0.25, 0.3) is 0 Å². The molecule has 0 saturated carbocycles. The third-order valence-electron chi connectivity index (χ3n) is 3.18. The average molecular weight is 250 g/mol. The van der Waals surface area contributed by atoms with Crippen molar-refractivity contribution in [3.8, 4) is 0 Å². The van der Waals surface area contributed by atoms with E-state index in [1.807, 2.05) is 13.8 Å². The first-order valence-electron chi connectivity index (χ1n) is 6.17. The first-order chi connectivity index (χ1) is 8.54. The van der Waals surface area contributed by atoms with Gasteiger partial charge in [-0.25, -0.2) is 0 Å². The van der Waals surface area contributed by atoms with Gasteiger partial charge in [-0.3, -0.25) is 14.3 Å². The fraction of sp³-hybridized carbons (Fsp3) is 0.583. The highest BCUT2D eigenvalue weighted by molar-refractivity contribution is 5.97. The number of carbonyl (C=O) groups is 2. The third kappa shape index (κ3) is 2.10. The summed E-state index contributed by atoms with van der Waals surface area (Å²) in [4.78, 5) is 25.6. The van der Waals surface area contributed by atoms with Crippen molar-refractivity contribution < 1.29 is 9.59 Å². The minimum atomic E-state index is -0.424. The second kappa shape index (κ2) is 4.80. The Morgan fingerprint density at radius 2 is 2.33 bits per heavy atom. The predicted octanol–water partition coefficient (Wildman–Crippen LogP) is 0.172. The molecule has 0 aromatic carbocycles. The molecule has 1 atom stereocenters. The number of aromatic nitrogens is 2. The summed E-state index contributed by atoms with van der Waals surface area (Å²) in [6.45, 7) is 7.23. The summed E-state index contributed by atoms with van der Waals surface area (Å²) in [5, 5.41) is 7.00. The van der Waals surface area contributed by atoms with Gasteiger partial charge in [0, 0.05) is 19.6 Å². The van der Waals surface area contributed by atoms with E-state index in [1.54, 1.807) is 22.6 Å². The summed E-state index contributed by atoms with van der Waals surface area (Å²) in [5.74, 6) is -0.228. The zero-order chi connectivity index (χ0) is 13.3. The Labute approximate surface area is 106 Å². The van der Waals surface area contributed by atoms with E-state index in [0.717, 1.165) is 5.69 Å². The molecule has 2 amide bonds. The first kappa shape index (κ1) is 12.6. The van der Waals surface area contributed by atoms with E-state index in [-0.39, 0.29) is 11.8 Å². The lowest BCUT2D eigenvalue weighted by Gasteiger charge is -2.32. The van der Waals surface area contributed by atoms with Crippen molar-refractivity contribution in [1.82, 2.24) is 20.0 Å². The standard InChI is InChI=1S/C12H18N4O2/c1-4-16-10(7-8(2)14-16)12(18)15-6-5-13-11(17)9(15)3/h7,9H,4-6H2,1-3H3,(H,13,17). The van der Waals surface area contributed by atoms with E-state index in [0.29, 0.717) is 25.3 Å². The van der Waals surface area contributed by atoms with E-state index in [4.69, 9.17) is 0 Å². The lowest BCUT2D eigenvalue weighted by molar-refractivity contribution is -0.127. The van der Waals surface area contributed by atoms with E-state index in [1.165, 1.54) is 0 Å². The molecule has 0 bridgehead atoms. The molecule has 1 saturated heterocycles. The topological polar surface area (TPSA) is 67.2 Å². The summed E-state index contributed by atoms with van der Waals surface area (Å²) in [6.07, 6.45) is 0. The van der Waals surface area contributed by atoms with Gasteiger partial charge in [-0.15, -0.1) is 0 Å². The van der Waals surface area contributed by atoms with Crippen LogP contribution in [-0.4, -0.2) is 45.6 Å². The number of nitrogens with zero attached hydrogens (tertiary/aromatic N) is 3. The van der Waals surface area contributed by atoms with Gasteiger partial charge in [0.05, 0.1) is 5.69 Å². The molecule has 0 aliphatic carbocycles. The molecule has 1 fully saturated rings. The van der Waals surface area contributed by atoms with E-state index in [9.17, 15) is 9.59 Å². The number of rotatable bonds is 2. The monoisotopic (exact) mass is 250 g/mol. The van der Waals surface area contributed by atoms with Gasteiger partial charge in [0.1, 0.15) is 11.7 Å². The Hall–Kier alpha value is -1.85. The second-order valence-electron chi connectivity index (χ2n) is 4.45. The average Bonchev–Trinajstić information content (AvgIpc) is 2.73. The Morgan fingerprint density at radius 1 is 1.61 bits per heavy atom. The second-order valence-corrected chi connectivity index (χ2v) is 4.45. The zero-order valence-electron chi connectivity index (χ0n) is 10.9. The van der Waals surface area contributed by atoms with Crippen molar-refractivity contribution in [3.63, 3.8) is 0 Å². The van der Waals surface area contributed by atoms with Gasteiger partial charge in [-0.05, 0) is 26.8 Å². The molecule has 1 unspecified atom stereocenters. The van der Waals surface area contributed by atoms with Crippen LogP contribution in [0.4, 0.5) is 0 Å². The van der Waals surface area contributed by atoms with Crippen LogP contribution in [0.1, 0.15) is 30.0 Å². The summed E-state index contributed by atoms with van der Waals surface area (Å²) >= 11 is 0. The number of carbonyl (C=O) groups excluding carboxylic acids is 2. The molecule has 6 heteroatoms. The summed E-state index contributed by atoms with van der Waals surface area (Å²) in [7, 11) is 0. The molecule has 6 nitrogen and oxygen atoms in total. The van der Waals surface area contributed by atoms with E-state index in [2.05, 4.69) is 10.4 Å². The zero-order valence-corrected chi connectivity index (χ0v) is 10.9. The highest BCUT2D eigenvalue weighted by atomic mass is 16.2. The Morgan fingerprint density at radius 3 is 3.00 bits per heavy atom. The summed E-state index contributed by atoms with van der Waals surface area (Å²) in [5.41, 5.74) is 1.37. The van der Waals surface area contributed by atoms with Crippen LogP contribution in [0.2, 0.25) is 0 Å². The Kier molecular flexibility index (Phi) is 3.36. The van der Waals surface area contributed by atoms with Crippen LogP contribution in [-0.2, 0) is 11.3 Å². The predicted molar refractivity (Wildman–Crippen MR) is 66.1 cm³/mol. The maximum atomic E-state index is 12.4. The van der Waals surface area contributed by atoms with Crippen LogP contribution < -0.4 is 5.32 Å². The number of aryl methyl sites for hydroxylation is 2. The maximum Gasteiger partial charge on any atom is 0.272 e. The quantitative estimate of drug-likeness (QED) is 0.813. The van der Waals surface area contributed by atoms with Crippen LogP contribution >= 0.6 is 0 Å². The number of amides is 2. The Balaban J connectivity index is 2.27. The molecule has 1 aromatic rings. The van der Waals surface area contributed by atoms with Crippen molar-refractivity contribution in [2.75, 3.05) is 13.1 Å². The molecule has 2 heterocycles. The first-order valence-corrected chi connectivity index (χ1v) is 6.17. The largest absolute Gasteiger partial charge is 0.353 e. The van der Waals surface area contributed by atoms with Crippen LogP contribution in [0.5, 0.6) is 0 Å². The van der Waals surface area contributed by atoms with Gasteiger partial charge in [0.25, 0.3) is 5.91 Å². The van der Waals surface area contributed by atoms with Crippen LogP contribution in [0.3, 0.4) is 0 Å². The maximum absolute atomic E-state index is 12.4. The van der Waals surface area contributed by atoms with Gasteiger partial charge in [-0.2, -0.15) is 5.10 Å². The minimum Gasteiger partial charge on any atom is -0.353 e. The summed E-state index contributed by atoms with van der Waals surface area (Å²) < 4.78 is 1.68. The molecule has 0 radical (unpaired) electrons. The summed E-state index contributed by atoms with van der Waals surface area (Å²) in [6, 6.07) is 1.34. The van der Waals surface area contributed by atoms with Crippen molar-refractivity contribution in [2.24, 2.45) is 0 Å². The van der Waals surface area contributed by atoms with Gasteiger partial charge < -0.3 is 10.2 Å². The van der Waals surface area contributed by atoms with Gasteiger partial charge in [0.2, 0.25) is 5.91 Å². The number of piperazine rings is 1. The highest BCUT2D eigenvalue weighted by Crippen LogP contribution is 2.12. The van der Waals surface area contributed by atoms with Crippen molar-refractivity contribution in [3.05, 3.63) is 17.5 Å². The number of nitrogens with one attached hydrogen (secondary N) is 1.